The zero-order chi connectivity index (χ0) is 6.69. The molecule has 0 heterocycles. The molecule has 48 valence electrons. The van der Waals surface area contributed by atoms with Crippen LogP contribution in [0.4, 0.5) is 0 Å². The zero-order valence-corrected chi connectivity index (χ0v) is 7.74. The van der Waals surface area contributed by atoms with Gasteiger partial charge in [-0.3, -0.25) is 0 Å². The Morgan fingerprint density at radius 1 is 1.30 bits per heavy atom. The summed E-state index contributed by atoms with van der Waals surface area (Å²) >= 11 is 0. The molecule has 2 nitrogen and oxygen atoms in total. The van der Waals surface area contributed by atoms with Crippen LogP contribution in [0.1, 0.15) is 11.8 Å². The van der Waals surface area contributed by atoms with Crippen molar-refractivity contribution in [3.8, 4) is 0 Å². The van der Waals surface area contributed by atoms with Gasteiger partial charge in [-0.05, 0) is 12.1 Å². The van der Waals surface area contributed by atoms with Crippen molar-refractivity contribution in [2.75, 3.05) is 0 Å². The number of carboxylic acid groups (broad SMARTS) is 1. The van der Waals surface area contributed by atoms with Gasteiger partial charge in [-0.25, -0.2) is 4.79 Å². The van der Waals surface area contributed by atoms with E-state index in [2.05, 4.69) is 0 Å². The fourth-order valence-corrected chi connectivity index (χ4v) is 0.581. The van der Waals surface area contributed by atoms with Gasteiger partial charge in [0.1, 0.15) is 0 Å². The third-order valence-corrected chi connectivity index (χ3v) is 1.02. The first-order chi connectivity index (χ1) is 4.30. The van der Waals surface area contributed by atoms with E-state index in [1.165, 1.54) is 0 Å². The van der Waals surface area contributed by atoms with Gasteiger partial charge < -0.3 is 6.53 Å². The summed E-state index contributed by atoms with van der Waals surface area (Å²) in [5.74, 6) is -0.879. The van der Waals surface area contributed by atoms with Crippen molar-refractivity contribution in [3.63, 3.8) is 0 Å². The molecule has 0 bridgehead atoms. The number of carboxylic acids is 1. The van der Waals surface area contributed by atoms with Crippen LogP contribution in [0.2, 0.25) is 0 Å². The minimum absolute atomic E-state index is 0. The number of rotatable bonds is 1. The molecule has 3 heteroatoms. The minimum Gasteiger partial charge on any atom is -1.00 e. The van der Waals surface area contributed by atoms with Crippen molar-refractivity contribution in [1.82, 2.24) is 0 Å². The van der Waals surface area contributed by atoms with Crippen molar-refractivity contribution < 1.29 is 40.9 Å². The average molecular weight is 146 g/mol. The van der Waals surface area contributed by atoms with Gasteiger partial charge in [0.25, 0.3) is 0 Å². The Balaban J connectivity index is 0. The second-order valence-electron chi connectivity index (χ2n) is 1.67. The van der Waals surface area contributed by atoms with Gasteiger partial charge >= 0.3 is 35.5 Å². The van der Waals surface area contributed by atoms with Crippen LogP contribution >= 0.6 is 0 Å². The van der Waals surface area contributed by atoms with Crippen LogP contribution in [0.3, 0.4) is 0 Å². The predicted octanol–water partition coefficient (Wildman–Crippen LogP) is -1.50. The molecule has 1 N–H and O–H groups in total. The van der Waals surface area contributed by atoms with E-state index in [1.807, 2.05) is 0 Å². The fourth-order valence-electron chi connectivity index (χ4n) is 0.581. The van der Waals surface area contributed by atoms with Gasteiger partial charge in [-0.1, -0.05) is 18.2 Å². The number of hydrogen-bond acceptors (Lipinski definition) is 1. The summed E-state index contributed by atoms with van der Waals surface area (Å²) in [5, 5.41) is 8.38. The van der Waals surface area contributed by atoms with E-state index >= 15 is 0 Å². The first-order valence-corrected chi connectivity index (χ1v) is 2.59. The van der Waals surface area contributed by atoms with Gasteiger partial charge in [0.15, 0.2) is 0 Å². The quantitative estimate of drug-likeness (QED) is 0.490. The predicted molar refractivity (Wildman–Crippen MR) is 34.5 cm³/mol. The molecule has 0 aliphatic heterocycles. The van der Waals surface area contributed by atoms with Crippen LogP contribution in [0.15, 0.2) is 30.3 Å². The van der Waals surface area contributed by atoms with Crippen LogP contribution in [-0.4, -0.2) is 11.1 Å². The number of hydrogen-bond donors (Lipinski definition) is 1. The van der Waals surface area contributed by atoms with Crippen LogP contribution in [0.5, 0.6) is 0 Å². The summed E-state index contributed by atoms with van der Waals surface area (Å²) in [4.78, 5) is 10.2. The first-order valence-electron chi connectivity index (χ1n) is 2.59. The molecule has 1 rings (SSSR count). The Bertz CT molecular complexity index is 213. The van der Waals surface area contributed by atoms with Gasteiger partial charge in [0.05, 0.1) is 5.56 Å². The summed E-state index contributed by atoms with van der Waals surface area (Å²) in [7, 11) is 0. The first kappa shape index (κ1) is 9.69. The van der Waals surface area contributed by atoms with Crippen LogP contribution in [-0.2, 0) is 0 Å². The van der Waals surface area contributed by atoms with Crippen molar-refractivity contribution in [2.45, 2.75) is 0 Å². The molecule has 0 aliphatic rings. The topological polar surface area (TPSA) is 37.3 Å². The largest absolute Gasteiger partial charge is 1.00 e. The van der Waals surface area contributed by atoms with Crippen molar-refractivity contribution in [3.05, 3.63) is 35.9 Å². The molecule has 0 atom stereocenters. The maximum absolute atomic E-state index is 10.2. The van der Waals surface area contributed by atoms with Crippen molar-refractivity contribution >= 4 is 5.97 Å². The Morgan fingerprint density at radius 3 is 2.10 bits per heavy atom. The standard InChI is InChI=1S/C7H6O2.Na.H/c8-7(9)6-4-2-1-3-5-6;;/h1-5H,(H,8,9);;/q;+1;-1. The van der Waals surface area contributed by atoms with Crippen molar-refractivity contribution in [2.24, 2.45) is 0 Å². The van der Waals surface area contributed by atoms with Crippen LogP contribution < -0.4 is 29.6 Å². The van der Waals surface area contributed by atoms with Gasteiger partial charge in [0, 0.05) is 0 Å². The van der Waals surface area contributed by atoms with E-state index in [-0.39, 0.29) is 31.0 Å². The smallest absolute Gasteiger partial charge is 1.00 e. The third kappa shape index (κ3) is 2.52. The molecule has 1 aromatic rings. The molecule has 0 saturated carbocycles. The molecule has 0 aliphatic carbocycles. The average Bonchev–Trinajstić information content (AvgIpc) is 1.90. The molecule has 1 aromatic carbocycles. The molecule has 0 radical (unpaired) electrons. The molecular formula is C7H7NaO2. The van der Waals surface area contributed by atoms with Crippen LogP contribution in [0, 0.1) is 0 Å². The number of carbonyl (C=O) groups is 1. The molecule has 0 aromatic heterocycles. The Kier molecular flexibility index (Phi) is 4.36. The van der Waals surface area contributed by atoms with E-state index in [1.54, 1.807) is 30.3 Å². The summed E-state index contributed by atoms with van der Waals surface area (Å²) in [6.45, 7) is 0. The van der Waals surface area contributed by atoms with Gasteiger partial charge in [0.2, 0.25) is 0 Å². The second-order valence-corrected chi connectivity index (χ2v) is 1.67. The maximum Gasteiger partial charge on any atom is 1.00 e. The van der Waals surface area contributed by atoms with E-state index in [0.29, 0.717) is 5.56 Å². The van der Waals surface area contributed by atoms with E-state index < -0.39 is 5.97 Å². The summed E-state index contributed by atoms with van der Waals surface area (Å²) in [6, 6.07) is 8.30. The molecule has 10 heavy (non-hydrogen) atoms. The summed E-state index contributed by atoms with van der Waals surface area (Å²) in [5.41, 5.74) is 0.331. The van der Waals surface area contributed by atoms with E-state index in [9.17, 15) is 4.79 Å². The molecule has 0 fully saturated rings. The molecule has 0 amide bonds. The van der Waals surface area contributed by atoms with Gasteiger partial charge in [-0.2, -0.15) is 0 Å². The maximum atomic E-state index is 10.2. The number of aromatic carboxylic acids is 1. The molecule has 0 saturated heterocycles. The van der Waals surface area contributed by atoms with Crippen molar-refractivity contribution in [1.29, 1.82) is 0 Å². The van der Waals surface area contributed by atoms with Gasteiger partial charge in [-0.15, -0.1) is 0 Å². The summed E-state index contributed by atoms with van der Waals surface area (Å²) in [6.07, 6.45) is 0. The monoisotopic (exact) mass is 146 g/mol. The van der Waals surface area contributed by atoms with E-state index in [4.69, 9.17) is 5.11 Å². The fraction of sp³-hybridized carbons (Fsp3) is 0. The number of benzene rings is 1. The van der Waals surface area contributed by atoms with E-state index in [0.717, 1.165) is 0 Å². The Morgan fingerprint density at radius 2 is 1.80 bits per heavy atom. The molecule has 0 unspecified atom stereocenters. The molecule has 0 spiro atoms. The second kappa shape index (κ2) is 4.50. The minimum atomic E-state index is -0.879. The normalized spacial score (nSPS) is 8.00. The Labute approximate surface area is 82.7 Å². The third-order valence-electron chi connectivity index (χ3n) is 1.02. The van der Waals surface area contributed by atoms with Crippen LogP contribution in [0.25, 0.3) is 0 Å². The molecular weight excluding hydrogens is 139 g/mol. The summed E-state index contributed by atoms with van der Waals surface area (Å²) < 4.78 is 0. The Hall–Kier alpha value is -0.310. The zero-order valence-electron chi connectivity index (χ0n) is 6.74. The SMILES string of the molecule is O=C(O)c1ccccc1.[H-].[Na+].